The second-order valence-electron chi connectivity index (χ2n) is 13.6. The van der Waals surface area contributed by atoms with Crippen molar-refractivity contribution < 1.29 is 28.4 Å². The lowest BCUT2D eigenvalue weighted by Gasteiger charge is -2.51. The summed E-state index contributed by atoms with van der Waals surface area (Å²) < 4.78 is 40.7. The number of fused-ring (bicyclic) bond motifs is 3. The van der Waals surface area contributed by atoms with E-state index in [2.05, 4.69) is 89.2 Å². The van der Waals surface area contributed by atoms with Gasteiger partial charge in [0.15, 0.2) is 0 Å². The zero-order chi connectivity index (χ0) is 33.8. The molecule has 2 aliphatic heterocycles. The van der Waals surface area contributed by atoms with Gasteiger partial charge < -0.3 is 28.4 Å². The van der Waals surface area contributed by atoms with Crippen molar-refractivity contribution in [2.75, 3.05) is 33.0 Å². The van der Waals surface area contributed by atoms with Crippen molar-refractivity contribution >= 4 is 10.8 Å². The Kier molecular flexibility index (Phi) is 14.3. The van der Waals surface area contributed by atoms with Gasteiger partial charge in [-0.15, -0.1) is 0 Å². The molecule has 0 aromatic heterocycles. The molecule has 264 valence electrons. The topological polar surface area (TPSA) is 55.4 Å². The van der Waals surface area contributed by atoms with E-state index in [1.165, 1.54) is 27.5 Å². The van der Waals surface area contributed by atoms with Crippen molar-refractivity contribution in [3.63, 3.8) is 0 Å². The number of ether oxygens (including phenoxy) is 6. The molecule has 0 radical (unpaired) electrons. The van der Waals surface area contributed by atoms with E-state index in [4.69, 9.17) is 28.4 Å². The second-order valence-corrected chi connectivity index (χ2v) is 13.6. The van der Waals surface area contributed by atoms with E-state index in [9.17, 15) is 0 Å². The first-order valence-electron chi connectivity index (χ1n) is 18.9. The van der Waals surface area contributed by atoms with Crippen LogP contribution < -0.4 is 0 Å². The Balaban J connectivity index is 1.58. The summed E-state index contributed by atoms with van der Waals surface area (Å²) in [6.45, 7) is 14.4. The third kappa shape index (κ3) is 8.69. The van der Waals surface area contributed by atoms with Gasteiger partial charge in [0.25, 0.3) is 0 Å². The van der Waals surface area contributed by atoms with Crippen molar-refractivity contribution in [2.45, 2.75) is 136 Å². The normalized spacial score (nSPS) is 23.7. The fourth-order valence-corrected chi connectivity index (χ4v) is 6.95. The van der Waals surface area contributed by atoms with Crippen LogP contribution in [0.15, 0.2) is 54.6 Å². The first-order valence-corrected chi connectivity index (χ1v) is 18.9. The molecule has 5 rings (SSSR count). The van der Waals surface area contributed by atoms with Crippen molar-refractivity contribution in [1.29, 1.82) is 0 Å². The number of aryl methyl sites for hydroxylation is 1. The van der Waals surface area contributed by atoms with Crippen molar-refractivity contribution in [3.05, 3.63) is 82.4 Å². The lowest BCUT2D eigenvalue weighted by Crippen LogP contribution is -2.66. The Labute approximate surface area is 289 Å². The molecular formula is C42H60O6. The van der Waals surface area contributed by atoms with E-state index in [1.54, 1.807) is 0 Å². The molecule has 6 heteroatoms. The van der Waals surface area contributed by atoms with Gasteiger partial charge in [-0.1, -0.05) is 103 Å². The highest BCUT2D eigenvalue weighted by molar-refractivity contribution is 5.88. The van der Waals surface area contributed by atoms with Gasteiger partial charge in [0.2, 0.25) is 5.79 Å². The van der Waals surface area contributed by atoms with E-state index in [0.29, 0.717) is 39.6 Å². The van der Waals surface area contributed by atoms with Crippen LogP contribution in [0.5, 0.6) is 0 Å². The van der Waals surface area contributed by atoms with Gasteiger partial charge in [0.1, 0.15) is 24.4 Å². The Morgan fingerprint density at radius 3 is 2.04 bits per heavy atom. The van der Waals surface area contributed by atoms with E-state index >= 15 is 0 Å². The maximum Gasteiger partial charge on any atom is 0.225 e. The third-order valence-electron chi connectivity index (χ3n) is 9.86. The van der Waals surface area contributed by atoms with E-state index in [-0.39, 0.29) is 18.3 Å². The molecule has 0 amide bonds. The molecule has 0 unspecified atom stereocenters. The van der Waals surface area contributed by atoms with Crippen LogP contribution >= 0.6 is 0 Å². The number of benzene rings is 3. The number of rotatable bonds is 20. The summed E-state index contributed by atoms with van der Waals surface area (Å²) in [5.74, 6) is -1.13. The molecule has 2 aliphatic rings. The lowest BCUT2D eigenvalue weighted by molar-refractivity contribution is -0.384. The zero-order valence-electron chi connectivity index (χ0n) is 30.3. The number of unbranched alkanes of at least 4 members (excludes halogenated alkanes) is 4. The number of hydrogen-bond donors (Lipinski definition) is 0. The van der Waals surface area contributed by atoms with E-state index in [0.717, 1.165) is 75.3 Å². The summed E-state index contributed by atoms with van der Waals surface area (Å²) in [5.41, 5.74) is 6.13. The minimum absolute atomic E-state index is 0.331. The molecule has 0 saturated carbocycles. The maximum atomic E-state index is 7.22. The van der Waals surface area contributed by atoms with Crippen molar-refractivity contribution in [3.8, 4) is 0 Å². The SMILES string of the molecule is CCCCOC[C@H]1O[C@]2(OCc3cc4cccc(Cc5ccc(CC)cc5)c4cc32)[C@H](OCCCC)[C@@H](OCCCC)[C@@H]1OCCCC. The van der Waals surface area contributed by atoms with E-state index in [1.807, 2.05) is 0 Å². The fraction of sp³-hybridized carbons (Fsp3) is 0.619. The van der Waals surface area contributed by atoms with Crippen LogP contribution in [0, 0.1) is 0 Å². The molecule has 1 saturated heterocycles. The van der Waals surface area contributed by atoms with Crippen LogP contribution in [0.1, 0.15) is 114 Å². The molecule has 48 heavy (non-hydrogen) atoms. The average Bonchev–Trinajstić information content (AvgIpc) is 3.45. The first kappa shape index (κ1) is 36.9. The quantitative estimate of drug-likeness (QED) is 0.113. The highest BCUT2D eigenvalue weighted by Gasteiger charge is 2.61. The predicted molar refractivity (Wildman–Crippen MR) is 194 cm³/mol. The van der Waals surface area contributed by atoms with Gasteiger partial charge in [0.05, 0.1) is 13.2 Å². The summed E-state index contributed by atoms with van der Waals surface area (Å²) in [7, 11) is 0. The summed E-state index contributed by atoms with van der Waals surface area (Å²) in [4.78, 5) is 0. The average molecular weight is 661 g/mol. The van der Waals surface area contributed by atoms with Crippen LogP contribution in [-0.2, 0) is 53.7 Å². The van der Waals surface area contributed by atoms with Crippen molar-refractivity contribution in [1.82, 2.24) is 0 Å². The zero-order valence-corrected chi connectivity index (χ0v) is 30.3. The largest absolute Gasteiger partial charge is 0.379 e. The molecule has 3 aromatic rings. The highest BCUT2D eigenvalue weighted by atomic mass is 16.7. The molecule has 6 nitrogen and oxygen atoms in total. The number of hydrogen-bond acceptors (Lipinski definition) is 6. The van der Waals surface area contributed by atoms with Crippen LogP contribution in [0.2, 0.25) is 0 Å². The van der Waals surface area contributed by atoms with Gasteiger partial charge in [0, 0.05) is 32.0 Å². The Hall–Kier alpha value is -2.32. The summed E-state index contributed by atoms with van der Waals surface area (Å²) in [5, 5.41) is 2.43. The summed E-state index contributed by atoms with van der Waals surface area (Å²) in [6, 6.07) is 20.3. The van der Waals surface area contributed by atoms with Gasteiger partial charge in [-0.05, 0) is 83.7 Å². The minimum Gasteiger partial charge on any atom is -0.379 e. The van der Waals surface area contributed by atoms with Gasteiger partial charge in [-0.3, -0.25) is 0 Å². The standard InChI is InChI=1S/C42H60O6/c1-6-11-22-43-30-38-39(44-23-12-7-2)40(45-24-13-8-3)41(46-25-14-9-4)42(48-38)37-28-36-33(26-32-20-18-31(10-5)19-21-32)16-15-17-34(36)27-35(37)29-47-42/h15-21,27-28,38-41H,6-14,22-26,29-30H2,1-5H3/t38-,39-,40+,41-,42+/m1/s1. The lowest BCUT2D eigenvalue weighted by atomic mass is 9.85. The Morgan fingerprint density at radius 1 is 0.708 bits per heavy atom. The molecule has 2 heterocycles. The highest BCUT2D eigenvalue weighted by Crippen LogP contribution is 2.49. The molecule has 0 N–H and O–H groups in total. The van der Waals surface area contributed by atoms with Gasteiger partial charge in [-0.25, -0.2) is 0 Å². The van der Waals surface area contributed by atoms with Gasteiger partial charge >= 0.3 is 0 Å². The van der Waals surface area contributed by atoms with Crippen molar-refractivity contribution in [2.24, 2.45) is 0 Å². The van der Waals surface area contributed by atoms with Gasteiger partial charge in [-0.2, -0.15) is 0 Å². The molecule has 3 aromatic carbocycles. The Bertz CT molecular complexity index is 1390. The summed E-state index contributed by atoms with van der Waals surface area (Å²) >= 11 is 0. The molecule has 1 fully saturated rings. The van der Waals surface area contributed by atoms with Crippen LogP contribution in [0.25, 0.3) is 10.8 Å². The fourth-order valence-electron chi connectivity index (χ4n) is 6.95. The summed E-state index contributed by atoms with van der Waals surface area (Å²) in [6.07, 6.45) is 8.47. The van der Waals surface area contributed by atoms with E-state index < -0.39 is 11.9 Å². The predicted octanol–water partition coefficient (Wildman–Crippen LogP) is 9.45. The molecule has 1 spiro atoms. The molecule has 0 aliphatic carbocycles. The molecule has 0 bridgehead atoms. The monoisotopic (exact) mass is 660 g/mol. The smallest absolute Gasteiger partial charge is 0.225 e. The first-order chi connectivity index (χ1) is 23.6. The molecule has 5 atom stereocenters. The van der Waals surface area contributed by atoms with Crippen LogP contribution in [0.4, 0.5) is 0 Å². The van der Waals surface area contributed by atoms with Crippen LogP contribution in [0.3, 0.4) is 0 Å². The molecular weight excluding hydrogens is 600 g/mol. The maximum absolute atomic E-state index is 7.22. The second kappa shape index (κ2) is 18.6. The minimum atomic E-state index is -1.13. The van der Waals surface area contributed by atoms with Crippen LogP contribution in [-0.4, -0.2) is 57.5 Å². The third-order valence-corrected chi connectivity index (χ3v) is 9.86. The Morgan fingerprint density at radius 2 is 1.35 bits per heavy atom.